The average Bonchev–Trinajstić information content (AvgIpc) is 3.21. The predicted molar refractivity (Wildman–Crippen MR) is 117 cm³/mol. The Bertz CT molecular complexity index is 1260. The third-order valence-corrected chi connectivity index (χ3v) is 5.68. The summed E-state index contributed by atoms with van der Waals surface area (Å²) in [7, 11) is -3.58. The molecule has 3 aromatic rings. The smallest absolute Gasteiger partial charge is 0.268 e. The van der Waals surface area contributed by atoms with Crippen LogP contribution in [0.25, 0.3) is 6.08 Å². The summed E-state index contributed by atoms with van der Waals surface area (Å²) in [5, 5.41) is 11.9. The average molecular weight is 475 g/mol. The summed E-state index contributed by atoms with van der Waals surface area (Å²) in [5.41, 5.74) is 1.40. The van der Waals surface area contributed by atoms with E-state index in [-0.39, 0.29) is 15.9 Å². The molecule has 0 radical (unpaired) electrons. The number of anilines is 1. The lowest BCUT2D eigenvalue weighted by Gasteiger charge is -2.07. The largest absolute Gasteiger partial charge is 0.489 e. The van der Waals surface area contributed by atoms with Crippen molar-refractivity contribution in [3.05, 3.63) is 70.3 Å². The highest BCUT2D eigenvalue weighted by Gasteiger charge is 2.17. The lowest BCUT2D eigenvalue weighted by Crippen LogP contribution is -2.13. The van der Waals surface area contributed by atoms with Crippen LogP contribution in [-0.2, 0) is 21.2 Å². The molecule has 0 aliphatic heterocycles. The van der Waals surface area contributed by atoms with Gasteiger partial charge in [-0.1, -0.05) is 35.9 Å². The molecule has 1 amide bonds. The monoisotopic (exact) mass is 474 g/mol. The Balaban J connectivity index is 1.64. The molecule has 0 aliphatic rings. The fourth-order valence-corrected chi connectivity index (χ4v) is 3.86. The Morgan fingerprint density at radius 1 is 1.23 bits per heavy atom. The first kappa shape index (κ1) is 22.4. The number of aromatic nitrogens is 2. The van der Waals surface area contributed by atoms with Crippen LogP contribution in [0.1, 0.15) is 11.1 Å². The molecule has 0 bridgehead atoms. The lowest BCUT2D eigenvalue weighted by molar-refractivity contribution is -0.112. The van der Waals surface area contributed by atoms with Crippen LogP contribution in [-0.4, -0.2) is 29.9 Å². The van der Waals surface area contributed by atoms with E-state index in [9.17, 15) is 18.5 Å². The summed E-state index contributed by atoms with van der Waals surface area (Å²) in [6.45, 7) is 0.371. The summed E-state index contributed by atoms with van der Waals surface area (Å²) in [6, 6.07) is 16.0. The number of halogens is 1. The predicted octanol–water partition coefficient (Wildman–Crippen LogP) is 3.72. The SMILES string of the molecule is CS(=O)(=O)c1nsc(NC(=O)C(C#N)=Cc2ccc(OCc3ccc(Cl)cc3)cc2)n1. The van der Waals surface area contributed by atoms with E-state index in [1.807, 2.05) is 18.2 Å². The summed E-state index contributed by atoms with van der Waals surface area (Å²) in [5.74, 6) is -0.0982. The van der Waals surface area contributed by atoms with Crippen LogP contribution in [0.15, 0.2) is 59.3 Å². The minimum Gasteiger partial charge on any atom is -0.489 e. The number of ether oxygens (including phenoxy) is 1. The lowest BCUT2D eigenvalue weighted by atomic mass is 10.1. The van der Waals surface area contributed by atoms with Crippen LogP contribution in [0.4, 0.5) is 5.13 Å². The summed E-state index contributed by atoms with van der Waals surface area (Å²) in [4.78, 5) is 16.0. The van der Waals surface area contributed by atoms with Gasteiger partial charge in [0.05, 0.1) is 0 Å². The van der Waals surface area contributed by atoms with Gasteiger partial charge in [-0.15, -0.1) is 0 Å². The maximum absolute atomic E-state index is 12.3. The van der Waals surface area contributed by atoms with E-state index >= 15 is 0 Å². The standard InChI is InChI=1S/C20H15ClN4O4S2/c1-31(27,28)20-24-19(30-25-20)23-18(26)15(11-22)10-13-4-8-17(9-5-13)29-12-14-2-6-16(21)7-3-14/h2-10H,12H2,1H3,(H,23,24,25,26). The van der Waals surface area contributed by atoms with Crippen molar-refractivity contribution in [1.82, 2.24) is 9.36 Å². The molecule has 158 valence electrons. The number of carbonyl (C=O) groups excluding carboxylic acids is 1. The minimum atomic E-state index is -3.58. The summed E-state index contributed by atoms with van der Waals surface area (Å²) >= 11 is 6.57. The molecule has 1 heterocycles. The first-order chi connectivity index (χ1) is 14.7. The molecule has 0 atom stereocenters. The van der Waals surface area contributed by atoms with E-state index in [0.717, 1.165) is 11.8 Å². The van der Waals surface area contributed by atoms with Crippen molar-refractivity contribution in [3.8, 4) is 11.8 Å². The van der Waals surface area contributed by atoms with Gasteiger partial charge in [-0.25, -0.2) is 8.42 Å². The number of carbonyl (C=O) groups is 1. The molecule has 31 heavy (non-hydrogen) atoms. The Morgan fingerprint density at radius 3 is 2.48 bits per heavy atom. The van der Waals surface area contributed by atoms with Crippen LogP contribution in [0, 0.1) is 11.3 Å². The fourth-order valence-electron chi connectivity index (χ4n) is 2.30. The highest BCUT2D eigenvalue weighted by molar-refractivity contribution is 7.90. The van der Waals surface area contributed by atoms with Crippen LogP contribution in [0.3, 0.4) is 0 Å². The van der Waals surface area contributed by atoms with E-state index in [0.29, 0.717) is 34.5 Å². The molecule has 1 N–H and O–H groups in total. The van der Waals surface area contributed by atoms with Crippen LogP contribution in [0.5, 0.6) is 5.75 Å². The van der Waals surface area contributed by atoms with Gasteiger partial charge in [0.1, 0.15) is 24.0 Å². The minimum absolute atomic E-state index is 0.0162. The number of nitriles is 1. The molecule has 11 heteroatoms. The molecule has 2 aromatic carbocycles. The van der Waals surface area contributed by atoms with E-state index in [4.69, 9.17) is 16.3 Å². The molecule has 0 fully saturated rings. The maximum atomic E-state index is 12.3. The van der Waals surface area contributed by atoms with Gasteiger partial charge >= 0.3 is 0 Å². The number of benzene rings is 2. The summed E-state index contributed by atoms with van der Waals surface area (Å²) < 4.78 is 32.2. The van der Waals surface area contributed by atoms with Gasteiger partial charge in [-0.2, -0.15) is 14.6 Å². The van der Waals surface area contributed by atoms with E-state index < -0.39 is 15.7 Å². The molecule has 1 aromatic heterocycles. The Hall–Kier alpha value is -3.26. The van der Waals surface area contributed by atoms with Gasteiger partial charge in [0.2, 0.25) is 15.0 Å². The topological polar surface area (TPSA) is 122 Å². The van der Waals surface area contributed by atoms with Crippen molar-refractivity contribution < 1.29 is 17.9 Å². The second kappa shape index (κ2) is 9.70. The van der Waals surface area contributed by atoms with Crippen molar-refractivity contribution in [2.45, 2.75) is 11.8 Å². The number of nitrogens with zero attached hydrogens (tertiary/aromatic N) is 3. The zero-order chi connectivity index (χ0) is 22.4. The number of nitrogens with one attached hydrogen (secondary N) is 1. The first-order valence-electron chi connectivity index (χ1n) is 8.69. The molecular formula is C20H15ClN4O4S2. The molecule has 0 unspecified atom stereocenters. The highest BCUT2D eigenvalue weighted by Crippen LogP contribution is 2.19. The maximum Gasteiger partial charge on any atom is 0.268 e. The molecule has 0 aliphatic carbocycles. The van der Waals surface area contributed by atoms with Crippen LogP contribution in [0.2, 0.25) is 5.02 Å². The van der Waals surface area contributed by atoms with Gasteiger partial charge in [0.15, 0.2) is 0 Å². The summed E-state index contributed by atoms with van der Waals surface area (Å²) in [6.07, 6.45) is 2.36. The van der Waals surface area contributed by atoms with Crippen LogP contribution >= 0.6 is 23.1 Å². The quantitative estimate of drug-likeness (QED) is 0.409. The second-order valence-electron chi connectivity index (χ2n) is 6.26. The highest BCUT2D eigenvalue weighted by atomic mass is 35.5. The van der Waals surface area contributed by atoms with Gasteiger partial charge in [-0.3, -0.25) is 10.1 Å². The van der Waals surface area contributed by atoms with Crippen molar-refractivity contribution in [1.29, 1.82) is 5.26 Å². The molecular weight excluding hydrogens is 460 g/mol. The van der Waals surface area contributed by atoms with Gasteiger partial charge in [0.25, 0.3) is 11.1 Å². The molecule has 0 saturated heterocycles. The van der Waals surface area contributed by atoms with Gasteiger partial charge in [-0.05, 0) is 41.5 Å². The molecule has 3 rings (SSSR count). The zero-order valence-electron chi connectivity index (χ0n) is 16.1. The fraction of sp³-hybridized carbons (Fsp3) is 0.100. The Kier molecular flexibility index (Phi) is 7.02. The third kappa shape index (κ3) is 6.36. The number of rotatable bonds is 7. The van der Waals surface area contributed by atoms with Gasteiger partial charge < -0.3 is 4.74 Å². The van der Waals surface area contributed by atoms with Gasteiger partial charge in [0, 0.05) is 22.8 Å². The molecule has 0 spiro atoms. The van der Waals surface area contributed by atoms with E-state index in [1.54, 1.807) is 36.4 Å². The number of hydrogen-bond donors (Lipinski definition) is 1. The van der Waals surface area contributed by atoms with Crippen molar-refractivity contribution in [3.63, 3.8) is 0 Å². The van der Waals surface area contributed by atoms with E-state index in [1.165, 1.54) is 6.08 Å². The zero-order valence-corrected chi connectivity index (χ0v) is 18.5. The number of amides is 1. The molecule has 8 nitrogen and oxygen atoms in total. The Morgan fingerprint density at radius 2 is 1.90 bits per heavy atom. The second-order valence-corrected chi connectivity index (χ2v) is 9.36. The van der Waals surface area contributed by atoms with Crippen molar-refractivity contribution in [2.24, 2.45) is 0 Å². The number of hydrogen-bond acceptors (Lipinski definition) is 8. The van der Waals surface area contributed by atoms with E-state index in [2.05, 4.69) is 14.7 Å². The Labute approximate surface area is 187 Å². The van der Waals surface area contributed by atoms with Crippen molar-refractivity contribution in [2.75, 3.05) is 11.6 Å². The van der Waals surface area contributed by atoms with Crippen molar-refractivity contribution >= 4 is 50.1 Å². The normalized spacial score (nSPS) is 11.6. The molecule has 0 saturated carbocycles. The first-order valence-corrected chi connectivity index (χ1v) is 11.7. The van der Waals surface area contributed by atoms with Crippen LogP contribution < -0.4 is 10.1 Å². The number of sulfone groups is 1. The third-order valence-electron chi connectivity index (χ3n) is 3.83.